The Morgan fingerprint density at radius 3 is 2.55 bits per heavy atom. The van der Waals surface area contributed by atoms with Crippen LogP contribution in [0.2, 0.25) is 0 Å². The third-order valence-corrected chi connectivity index (χ3v) is 3.13. The summed E-state index contributed by atoms with van der Waals surface area (Å²) in [7, 11) is 0. The maximum absolute atomic E-state index is 13.9. The molecule has 20 heavy (non-hydrogen) atoms. The van der Waals surface area contributed by atoms with E-state index in [0.717, 1.165) is 6.42 Å². The number of rotatable bonds is 6. The summed E-state index contributed by atoms with van der Waals surface area (Å²) >= 11 is 0. The van der Waals surface area contributed by atoms with Gasteiger partial charge in [-0.3, -0.25) is 4.79 Å². The van der Waals surface area contributed by atoms with Gasteiger partial charge in [-0.1, -0.05) is 20.3 Å². The van der Waals surface area contributed by atoms with E-state index < -0.39 is 11.9 Å². The second kappa shape index (κ2) is 7.24. The number of benzene rings is 1. The Kier molecular flexibility index (Phi) is 5.95. The molecule has 3 N–H and O–H groups in total. The van der Waals surface area contributed by atoms with Gasteiger partial charge in [-0.15, -0.1) is 0 Å². The highest BCUT2D eigenvalue weighted by Gasteiger charge is 2.20. The summed E-state index contributed by atoms with van der Waals surface area (Å²) in [5.41, 5.74) is 5.92. The minimum absolute atomic E-state index is 0.0336. The number of carbonyl (C=O) groups is 1. The molecule has 0 bridgehead atoms. The van der Waals surface area contributed by atoms with E-state index >= 15 is 0 Å². The predicted molar refractivity (Wildman–Crippen MR) is 78.2 cm³/mol. The minimum Gasteiger partial charge on any atom is -0.491 e. The molecule has 0 saturated heterocycles. The average molecular weight is 282 g/mol. The Labute approximate surface area is 119 Å². The van der Waals surface area contributed by atoms with Crippen LogP contribution in [0.4, 0.5) is 10.1 Å². The second-order valence-corrected chi connectivity index (χ2v) is 5.21. The summed E-state index contributed by atoms with van der Waals surface area (Å²) in [6, 6.07) is 3.71. The lowest BCUT2D eigenvalue weighted by atomic mass is 9.99. The largest absolute Gasteiger partial charge is 0.491 e. The Morgan fingerprint density at radius 1 is 1.40 bits per heavy atom. The van der Waals surface area contributed by atoms with Crippen molar-refractivity contribution in [3.8, 4) is 5.75 Å². The molecule has 0 heterocycles. The number of anilines is 1. The van der Waals surface area contributed by atoms with E-state index in [-0.39, 0.29) is 23.6 Å². The quantitative estimate of drug-likeness (QED) is 0.843. The van der Waals surface area contributed by atoms with Crippen molar-refractivity contribution < 1.29 is 13.9 Å². The van der Waals surface area contributed by atoms with Crippen LogP contribution in [0.15, 0.2) is 18.2 Å². The van der Waals surface area contributed by atoms with Gasteiger partial charge in [-0.05, 0) is 31.9 Å². The van der Waals surface area contributed by atoms with E-state index in [1.165, 1.54) is 12.1 Å². The Balaban J connectivity index is 2.76. The van der Waals surface area contributed by atoms with Crippen LogP contribution in [0, 0.1) is 11.7 Å². The van der Waals surface area contributed by atoms with Crippen LogP contribution in [0.25, 0.3) is 0 Å². The van der Waals surface area contributed by atoms with Crippen LogP contribution in [-0.4, -0.2) is 18.1 Å². The first kappa shape index (κ1) is 16.4. The van der Waals surface area contributed by atoms with E-state index in [4.69, 9.17) is 10.5 Å². The van der Waals surface area contributed by atoms with Gasteiger partial charge in [0, 0.05) is 6.07 Å². The van der Waals surface area contributed by atoms with Crippen LogP contribution >= 0.6 is 0 Å². The zero-order valence-corrected chi connectivity index (χ0v) is 12.4. The monoisotopic (exact) mass is 282 g/mol. The average Bonchev–Trinajstić information content (AvgIpc) is 2.39. The molecule has 1 rings (SSSR count). The van der Waals surface area contributed by atoms with Crippen LogP contribution in [0.3, 0.4) is 0 Å². The molecule has 0 saturated carbocycles. The summed E-state index contributed by atoms with van der Waals surface area (Å²) in [5, 5.41) is 2.51. The fourth-order valence-electron chi connectivity index (χ4n) is 1.67. The highest BCUT2D eigenvalue weighted by molar-refractivity contribution is 5.95. The SMILES string of the molecule is CCC(C)C(N)C(=O)Nc1ccc(OC(C)C)cc1F. The van der Waals surface area contributed by atoms with Gasteiger partial charge in [-0.2, -0.15) is 0 Å². The normalized spacial score (nSPS) is 13.9. The number of ether oxygens (including phenoxy) is 1. The van der Waals surface area contributed by atoms with Gasteiger partial charge in [0.15, 0.2) is 0 Å². The third-order valence-electron chi connectivity index (χ3n) is 3.13. The van der Waals surface area contributed by atoms with Gasteiger partial charge in [0.25, 0.3) is 0 Å². The molecule has 1 amide bonds. The lowest BCUT2D eigenvalue weighted by molar-refractivity contribution is -0.118. The molecule has 5 heteroatoms. The summed E-state index contributed by atoms with van der Waals surface area (Å²) < 4.78 is 19.3. The third kappa shape index (κ3) is 4.49. The summed E-state index contributed by atoms with van der Waals surface area (Å²) in [6.45, 7) is 7.56. The number of nitrogens with two attached hydrogens (primary N) is 1. The first-order chi connectivity index (χ1) is 9.35. The molecule has 4 nitrogen and oxygen atoms in total. The molecule has 1 aromatic rings. The fraction of sp³-hybridized carbons (Fsp3) is 0.533. The van der Waals surface area contributed by atoms with Gasteiger partial charge < -0.3 is 15.8 Å². The number of hydrogen-bond donors (Lipinski definition) is 2. The molecule has 0 aromatic heterocycles. The predicted octanol–water partition coefficient (Wildman–Crippen LogP) is 2.92. The van der Waals surface area contributed by atoms with E-state index in [1.807, 2.05) is 27.7 Å². The molecule has 0 radical (unpaired) electrons. The number of nitrogens with one attached hydrogen (secondary N) is 1. The number of amides is 1. The molecule has 2 atom stereocenters. The summed E-state index contributed by atoms with van der Waals surface area (Å²) in [4.78, 5) is 11.9. The maximum Gasteiger partial charge on any atom is 0.241 e. The fourth-order valence-corrected chi connectivity index (χ4v) is 1.67. The highest BCUT2D eigenvalue weighted by Crippen LogP contribution is 2.22. The topological polar surface area (TPSA) is 64.4 Å². The van der Waals surface area contributed by atoms with Crippen molar-refractivity contribution in [2.24, 2.45) is 11.7 Å². The highest BCUT2D eigenvalue weighted by atomic mass is 19.1. The van der Waals surface area contributed by atoms with Crippen molar-refractivity contribution in [2.75, 3.05) is 5.32 Å². The molecular formula is C15H23FN2O2. The van der Waals surface area contributed by atoms with Crippen LogP contribution < -0.4 is 15.8 Å². The van der Waals surface area contributed by atoms with Crippen LogP contribution in [0.1, 0.15) is 34.1 Å². The number of carbonyl (C=O) groups excluding carboxylic acids is 1. The van der Waals surface area contributed by atoms with Crippen LogP contribution in [-0.2, 0) is 4.79 Å². The van der Waals surface area contributed by atoms with Crippen molar-refractivity contribution in [3.63, 3.8) is 0 Å². The summed E-state index contributed by atoms with van der Waals surface area (Å²) in [5.74, 6) is -0.438. The lowest BCUT2D eigenvalue weighted by Gasteiger charge is -2.18. The second-order valence-electron chi connectivity index (χ2n) is 5.21. The van der Waals surface area contributed by atoms with Gasteiger partial charge in [0.05, 0.1) is 17.8 Å². The summed E-state index contributed by atoms with van der Waals surface area (Å²) in [6.07, 6.45) is 0.756. The maximum atomic E-state index is 13.9. The minimum atomic E-state index is -0.647. The molecule has 1 aromatic carbocycles. The molecule has 0 spiro atoms. The van der Waals surface area contributed by atoms with E-state index in [2.05, 4.69) is 5.32 Å². The van der Waals surface area contributed by atoms with Crippen LogP contribution in [0.5, 0.6) is 5.75 Å². The molecule has 0 aliphatic heterocycles. The number of halogens is 1. The Bertz CT molecular complexity index is 463. The van der Waals surface area contributed by atoms with Gasteiger partial charge in [0.1, 0.15) is 11.6 Å². The number of hydrogen-bond acceptors (Lipinski definition) is 3. The van der Waals surface area contributed by atoms with Gasteiger partial charge in [-0.25, -0.2) is 4.39 Å². The standard InChI is InChI=1S/C15H23FN2O2/c1-5-10(4)14(17)15(19)18-13-7-6-11(8-12(13)16)20-9(2)3/h6-10,14H,5,17H2,1-4H3,(H,18,19). The molecule has 0 fully saturated rings. The Hall–Kier alpha value is -1.62. The zero-order valence-electron chi connectivity index (χ0n) is 12.4. The lowest BCUT2D eigenvalue weighted by Crippen LogP contribution is -2.40. The molecule has 2 unspecified atom stereocenters. The smallest absolute Gasteiger partial charge is 0.241 e. The molecule has 112 valence electrons. The van der Waals surface area contributed by atoms with Crippen molar-refractivity contribution in [1.29, 1.82) is 0 Å². The van der Waals surface area contributed by atoms with Crippen molar-refractivity contribution in [2.45, 2.75) is 46.3 Å². The Morgan fingerprint density at radius 2 is 2.05 bits per heavy atom. The van der Waals surface area contributed by atoms with Gasteiger partial charge in [0.2, 0.25) is 5.91 Å². The first-order valence-corrected chi connectivity index (χ1v) is 6.87. The van der Waals surface area contributed by atoms with Crippen molar-refractivity contribution in [3.05, 3.63) is 24.0 Å². The van der Waals surface area contributed by atoms with E-state index in [0.29, 0.717) is 5.75 Å². The van der Waals surface area contributed by atoms with Crippen molar-refractivity contribution >= 4 is 11.6 Å². The zero-order chi connectivity index (χ0) is 15.3. The first-order valence-electron chi connectivity index (χ1n) is 6.87. The van der Waals surface area contributed by atoms with Crippen molar-refractivity contribution in [1.82, 2.24) is 0 Å². The van der Waals surface area contributed by atoms with Gasteiger partial charge >= 0.3 is 0 Å². The van der Waals surface area contributed by atoms with E-state index in [9.17, 15) is 9.18 Å². The molecule has 0 aliphatic rings. The molecular weight excluding hydrogens is 259 g/mol. The molecule has 0 aliphatic carbocycles. The van der Waals surface area contributed by atoms with E-state index in [1.54, 1.807) is 6.07 Å².